The van der Waals surface area contributed by atoms with Crippen molar-refractivity contribution in [1.82, 2.24) is 9.55 Å². The van der Waals surface area contributed by atoms with Gasteiger partial charge in [-0.1, -0.05) is 47.1 Å². The van der Waals surface area contributed by atoms with Crippen molar-refractivity contribution in [2.45, 2.75) is 5.16 Å². The summed E-state index contributed by atoms with van der Waals surface area (Å²) in [6, 6.07) is 12.3. The Labute approximate surface area is 135 Å². The summed E-state index contributed by atoms with van der Waals surface area (Å²) in [5.41, 5.74) is 1.11. The second-order valence-electron chi connectivity index (χ2n) is 4.35. The minimum atomic E-state index is -0.144. The molecule has 0 aliphatic heterocycles. The van der Waals surface area contributed by atoms with Crippen LogP contribution < -0.4 is 5.56 Å². The van der Waals surface area contributed by atoms with Gasteiger partial charge >= 0.3 is 0 Å². The maximum atomic E-state index is 12.8. The predicted octanol–water partition coefficient (Wildman–Crippen LogP) is 4.41. The minimum absolute atomic E-state index is 0.144. The third-order valence-corrected chi connectivity index (χ3v) is 4.25. The molecular weight excluding hydrogens is 327 g/mol. The minimum Gasteiger partial charge on any atom is -0.268 e. The van der Waals surface area contributed by atoms with E-state index in [0.717, 1.165) is 0 Å². The van der Waals surface area contributed by atoms with Crippen LogP contribution in [-0.4, -0.2) is 15.8 Å². The third-order valence-electron chi connectivity index (χ3n) is 3.08. The standard InChI is InChI=1S/C15H10Cl2N2OS/c1-21-15-18-12-5-3-2-4-10(12)14(20)19(15)13-7-6-9(16)8-11(13)17/h2-8H,1H3. The molecule has 0 spiro atoms. The maximum Gasteiger partial charge on any atom is 0.266 e. The van der Waals surface area contributed by atoms with Crippen molar-refractivity contribution in [3.8, 4) is 5.69 Å². The molecule has 1 heterocycles. The molecule has 0 unspecified atom stereocenters. The Morgan fingerprint density at radius 3 is 2.62 bits per heavy atom. The molecule has 1 aromatic heterocycles. The summed E-state index contributed by atoms with van der Waals surface area (Å²) < 4.78 is 1.52. The number of nitrogens with zero attached hydrogens (tertiary/aromatic N) is 2. The molecule has 106 valence electrons. The van der Waals surface area contributed by atoms with Crippen LogP contribution >= 0.6 is 35.0 Å². The molecule has 3 nitrogen and oxygen atoms in total. The quantitative estimate of drug-likeness (QED) is 0.513. The molecule has 0 amide bonds. The van der Waals surface area contributed by atoms with Gasteiger partial charge in [-0.15, -0.1) is 0 Å². The molecule has 0 aliphatic rings. The molecule has 0 saturated carbocycles. The van der Waals surface area contributed by atoms with Crippen LogP contribution in [0.4, 0.5) is 0 Å². The van der Waals surface area contributed by atoms with Crippen LogP contribution in [0.5, 0.6) is 0 Å². The highest BCUT2D eigenvalue weighted by Crippen LogP contribution is 2.27. The van der Waals surface area contributed by atoms with E-state index in [1.807, 2.05) is 24.5 Å². The average molecular weight is 337 g/mol. The van der Waals surface area contributed by atoms with Gasteiger partial charge < -0.3 is 0 Å². The van der Waals surface area contributed by atoms with Crippen molar-refractivity contribution in [2.24, 2.45) is 0 Å². The van der Waals surface area contributed by atoms with Crippen molar-refractivity contribution < 1.29 is 0 Å². The molecule has 0 radical (unpaired) electrons. The highest BCUT2D eigenvalue weighted by molar-refractivity contribution is 7.98. The van der Waals surface area contributed by atoms with Gasteiger partial charge in [0.2, 0.25) is 0 Å². The van der Waals surface area contributed by atoms with E-state index in [1.165, 1.54) is 16.3 Å². The summed E-state index contributed by atoms with van der Waals surface area (Å²) in [5.74, 6) is 0. The number of thioether (sulfide) groups is 1. The van der Waals surface area contributed by atoms with E-state index in [-0.39, 0.29) is 5.56 Å². The van der Waals surface area contributed by atoms with Crippen molar-refractivity contribution in [2.75, 3.05) is 6.26 Å². The van der Waals surface area contributed by atoms with Crippen LogP contribution in [0.3, 0.4) is 0 Å². The Bertz CT molecular complexity index is 892. The molecule has 3 rings (SSSR count). The Kier molecular flexibility index (Phi) is 3.93. The summed E-state index contributed by atoms with van der Waals surface area (Å²) >= 11 is 13.5. The largest absolute Gasteiger partial charge is 0.268 e. The fourth-order valence-electron chi connectivity index (χ4n) is 2.12. The highest BCUT2D eigenvalue weighted by Gasteiger charge is 2.14. The second-order valence-corrected chi connectivity index (χ2v) is 5.97. The van der Waals surface area contributed by atoms with E-state index in [4.69, 9.17) is 23.2 Å². The van der Waals surface area contributed by atoms with Gasteiger partial charge in [0.15, 0.2) is 5.16 Å². The molecular formula is C15H10Cl2N2OS. The Hall–Kier alpha value is -1.49. The van der Waals surface area contributed by atoms with Gasteiger partial charge in [0.1, 0.15) is 0 Å². The van der Waals surface area contributed by atoms with Crippen LogP contribution in [0.1, 0.15) is 0 Å². The number of halogens is 2. The van der Waals surface area contributed by atoms with Crippen LogP contribution in [-0.2, 0) is 0 Å². The van der Waals surface area contributed by atoms with Gasteiger partial charge in [0.05, 0.1) is 21.6 Å². The fraction of sp³-hybridized carbons (Fsp3) is 0.0667. The zero-order chi connectivity index (χ0) is 15.0. The Balaban J connectivity index is 2.41. The molecule has 0 saturated heterocycles. The van der Waals surface area contributed by atoms with Crippen molar-refractivity contribution in [1.29, 1.82) is 0 Å². The lowest BCUT2D eigenvalue weighted by molar-refractivity contribution is 0.822. The molecule has 0 fully saturated rings. The van der Waals surface area contributed by atoms with Gasteiger partial charge in [-0.05, 0) is 36.6 Å². The third kappa shape index (κ3) is 2.55. The summed E-state index contributed by atoms with van der Waals surface area (Å²) in [6.07, 6.45) is 1.87. The predicted molar refractivity (Wildman–Crippen MR) is 89.1 cm³/mol. The molecule has 0 bridgehead atoms. The fourth-order valence-corrected chi connectivity index (χ4v) is 3.17. The summed E-state index contributed by atoms with van der Waals surface area (Å²) in [7, 11) is 0. The molecule has 2 aromatic carbocycles. The van der Waals surface area contributed by atoms with Gasteiger partial charge in [0.25, 0.3) is 5.56 Å². The van der Waals surface area contributed by atoms with E-state index in [0.29, 0.717) is 31.8 Å². The smallest absolute Gasteiger partial charge is 0.266 e. The lowest BCUT2D eigenvalue weighted by Gasteiger charge is -2.13. The SMILES string of the molecule is CSc1nc2ccccc2c(=O)n1-c1ccc(Cl)cc1Cl. The topological polar surface area (TPSA) is 34.9 Å². The highest BCUT2D eigenvalue weighted by atomic mass is 35.5. The summed E-state index contributed by atoms with van der Waals surface area (Å²) in [4.78, 5) is 17.3. The van der Waals surface area contributed by atoms with E-state index >= 15 is 0 Å². The Morgan fingerprint density at radius 2 is 1.90 bits per heavy atom. The second kappa shape index (κ2) is 5.72. The zero-order valence-corrected chi connectivity index (χ0v) is 13.3. The van der Waals surface area contributed by atoms with E-state index < -0.39 is 0 Å². The number of aromatic nitrogens is 2. The monoisotopic (exact) mass is 336 g/mol. The molecule has 0 aliphatic carbocycles. The number of rotatable bonds is 2. The zero-order valence-electron chi connectivity index (χ0n) is 11.0. The normalized spacial score (nSPS) is 11.0. The average Bonchev–Trinajstić information content (AvgIpc) is 2.48. The van der Waals surface area contributed by atoms with Gasteiger partial charge in [-0.3, -0.25) is 9.36 Å². The maximum absolute atomic E-state index is 12.8. The van der Waals surface area contributed by atoms with E-state index in [9.17, 15) is 4.79 Å². The van der Waals surface area contributed by atoms with Gasteiger partial charge in [0, 0.05) is 5.02 Å². The molecule has 6 heteroatoms. The van der Waals surface area contributed by atoms with Crippen LogP contribution in [0, 0.1) is 0 Å². The summed E-state index contributed by atoms with van der Waals surface area (Å²) in [5, 5.41) is 2.08. The van der Waals surface area contributed by atoms with Crippen LogP contribution in [0.25, 0.3) is 16.6 Å². The number of para-hydroxylation sites is 1. The molecule has 0 N–H and O–H groups in total. The van der Waals surface area contributed by atoms with E-state index in [1.54, 1.807) is 24.3 Å². The van der Waals surface area contributed by atoms with Crippen LogP contribution in [0.15, 0.2) is 52.4 Å². The lowest BCUT2D eigenvalue weighted by atomic mass is 10.2. The van der Waals surface area contributed by atoms with Crippen molar-refractivity contribution >= 4 is 45.9 Å². The van der Waals surface area contributed by atoms with E-state index in [2.05, 4.69) is 4.98 Å². The first-order valence-electron chi connectivity index (χ1n) is 6.13. The van der Waals surface area contributed by atoms with Crippen molar-refractivity contribution in [3.05, 3.63) is 62.9 Å². The first kappa shape index (κ1) is 14.4. The number of hydrogen-bond donors (Lipinski definition) is 0. The molecule has 21 heavy (non-hydrogen) atoms. The Morgan fingerprint density at radius 1 is 1.14 bits per heavy atom. The first-order valence-corrected chi connectivity index (χ1v) is 8.11. The molecule has 3 aromatic rings. The number of fused-ring (bicyclic) bond motifs is 1. The number of hydrogen-bond acceptors (Lipinski definition) is 3. The molecule has 0 atom stereocenters. The lowest BCUT2D eigenvalue weighted by Crippen LogP contribution is -2.21. The van der Waals surface area contributed by atoms with Crippen molar-refractivity contribution in [3.63, 3.8) is 0 Å². The summed E-state index contributed by atoms with van der Waals surface area (Å²) in [6.45, 7) is 0. The van der Waals surface area contributed by atoms with Gasteiger partial charge in [-0.2, -0.15) is 0 Å². The first-order chi connectivity index (χ1) is 10.1. The number of benzene rings is 2. The van der Waals surface area contributed by atoms with Gasteiger partial charge in [-0.25, -0.2) is 4.98 Å². The van der Waals surface area contributed by atoms with Crippen LogP contribution in [0.2, 0.25) is 10.0 Å².